The zero-order valence-corrected chi connectivity index (χ0v) is 12.7. The van der Waals surface area contributed by atoms with Crippen molar-refractivity contribution in [2.75, 3.05) is 33.4 Å². The highest BCUT2D eigenvalue weighted by Crippen LogP contribution is 2.19. The molecular formula is C15H31NO. The van der Waals surface area contributed by atoms with Gasteiger partial charge in [-0.1, -0.05) is 45.8 Å². The fourth-order valence-corrected chi connectivity index (χ4v) is 2.00. The van der Waals surface area contributed by atoms with Crippen molar-refractivity contribution in [3.05, 3.63) is 11.6 Å². The topological polar surface area (TPSA) is 12.5 Å². The predicted molar refractivity (Wildman–Crippen MR) is 76.4 cm³/mol. The van der Waals surface area contributed by atoms with Crippen LogP contribution in [-0.2, 0) is 4.74 Å². The van der Waals surface area contributed by atoms with Crippen LogP contribution in [0.25, 0.3) is 0 Å². The second kappa shape index (κ2) is 8.71. The van der Waals surface area contributed by atoms with Gasteiger partial charge in [0, 0.05) is 32.2 Å². The Morgan fingerprint density at radius 3 is 2.35 bits per heavy atom. The molecule has 0 aromatic heterocycles. The van der Waals surface area contributed by atoms with E-state index in [0.717, 1.165) is 19.7 Å². The summed E-state index contributed by atoms with van der Waals surface area (Å²) in [6.07, 6.45) is 4.81. The Bertz CT molecular complexity index is 221. The third-order valence-corrected chi connectivity index (χ3v) is 2.71. The summed E-state index contributed by atoms with van der Waals surface area (Å²) in [6.45, 7) is 15.3. The van der Waals surface area contributed by atoms with Gasteiger partial charge in [-0.3, -0.25) is 4.90 Å². The van der Waals surface area contributed by atoms with Gasteiger partial charge in [0.15, 0.2) is 0 Å². The van der Waals surface area contributed by atoms with E-state index in [2.05, 4.69) is 45.6 Å². The first-order valence-electron chi connectivity index (χ1n) is 6.82. The maximum absolute atomic E-state index is 5.23. The second-order valence-corrected chi connectivity index (χ2v) is 5.84. The summed E-state index contributed by atoms with van der Waals surface area (Å²) in [5.41, 5.74) is 1.80. The Morgan fingerprint density at radius 2 is 1.94 bits per heavy atom. The molecule has 0 fully saturated rings. The maximum Gasteiger partial charge on any atom is 0.0525 e. The summed E-state index contributed by atoms with van der Waals surface area (Å²) in [7, 11) is 1.78. The van der Waals surface area contributed by atoms with Crippen LogP contribution < -0.4 is 0 Å². The number of methoxy groups -OCH3 is 1. The monoisotopic (exact) mass is 241 g/mol. The third kappa shape index (κ3) is 8.39. The number of rotatable bonds is 4. The first kappa shape index (κ1) is 16.7. The van der Waals surface area contributed by atoms with Crippen molar-refractivity contribution in [2.45, 2.75) is 47.5 Å². The lowest BCUT2D eigenvalue weighted by atomic mass is 9.93. The van der Waals surface area contributed by atoms with Crippen LogP contribution in [0, 0.1) is 5.41 Å². The van der Waals surface area contributed by atoms with Crippen LogP contribution >= 0.6 is 0 Å². The Labute approximate surface area is 108 Å². The molecule has 0 saturated heterocycles. The van der Waals surface area contributed by atoms with Crippen LogP contribution in [0.2, 0.25) is 0 Å². The molecule has 0 aromatic carbocycles. The molecule has 0 saturated carbocycles. The fraction of sp³-hybridized carbons (Fsp3) is 0.867. The molecule has 0 aromatic rings. The van der Waals surface area contributed by atoms with E-state index in [4.69, 9.17) is 4.74 Å². The van der Waals surface area contributed by atoms with Gasteiger partial charge < -0.3 is 4.74 Å². The number of hydrogen-bond donors (Lipinski definition) is 0. The number of nitrogens with zero attached hydrogens (tertiary/aromatic N) is 1. The first-order valence-corrected chi connectivity index (χ1v) is 6.82. The van der Waals surface area contributed by atoms with E-state index < -0.39 is 0 Å². The Kier molecular flexibility index (Phi) is 8.53. The number of hydrogen-bond acceptors (Lipinski definition) is 2. The highest BCUT2D eigenvalue weighted by molar-refractivity contribution is 5.04. The first-order chi connectivity index (χ1) is 7.95. The lowest BCUT2D eigenvalue weighted by Gasteiger charge is -2.33. The van der Waals surface area contributed by atoms with Gasteiger partial charge in [0.25, 0.3) is 0 Å². The van der Waals surface area contributed by atoms with Gasteiger partial charge in [-0.15, -0.1) is 0 Å². The standard InChI is InChI=1S/C12H23NO.C3H8/c1-11-5-7-13(8-6-11)9-12(2,3)10-14-4;1-3-2/h5H,6-10H2,1-4H3;3H2,1-2H3. The van der Waals surface area contributed by atoms with Gasteiger partial charge in [0.1, 0.15) is 0 Å². The van der Waals surface area contributed by atoms with E-state index in [-0.39, 0.29) is 5.41 Å². The summed E-state index contributed by atoms with van der Waals surface area (Å²) < 4.78 is 5.23. The zero-order chi connectivity index (χ0) is 13.3. The van der Waals surface area contributed by atoms with Crippen molar-refractivity contribution in [2.24, 2.45) is 5.41 Å². The SMILES string of the molecule is CCC.COCC(C)(C)CN1CC=C(C)CC1. The molecule has 1 aliphatic rings. The van der Waals surface area contributed by atoms with Crippen LogP contribution in [0.4, 0.5) is 0 Å². The average Bonchev–Trinajstić information content (AvgIpc) is 2.22. The molecule has 2 nitrogen and oxygen atoms in total. The van der Waals surface area contributed by atoms with E-state index in [1.807, 2.05) is 0 Å². The third-order valence-electron chi connectivity index (χ3n) is 2.71. The molecule has 0 radical (unpaired) electrons. The van der Waals surface area contributed by atoms with E-state index in [0.29, 0.717) is 0 Å². The van der Waals surface area contributed by atoms with E-state index >= 15 is 0 Å². The van der Waals surface area contributed by atoms with Gasteiger partial charge >= 0.3 is 0 Å². The van der Waals surface area contributed by atoms with Crippen molar-refractivity contribution < 1.29 is 4.74 Å². The summed E-state index contributed by atoms with van der Waals surface area (Å²) in [5.74, 6) is 0. The molecule has 0 atom stereocenters. The average molecular weight is 241 g/mol. The summed E-state index contributed by atoms with van der Waals surface area (Å²) in [5, 5.41) is 0. The molecule has 0 unspecified atom stereocenters. The molecule has 102 valence electrons. The molecule has 0 amide bonds. The highest BCUT2D eigenvalue weighted by Gasteiger charge is 2.22. The molecule has 0 bridgehead atoms. The second-order valence-electron chi connectivity index (χ2n) is 5.84. The van der Waals surface area contributed by atoms with Crippen molar-refractivity contribution in [3.63, 3.8) is 0 Å². The molecule has 1 aliphatic heterocycles. The van der Waals surface area contributed by atoms with Crippen LogP contribution in [0.1, 0.15) is 47.5 Å². The van der Waals surface area contributed by atoms with Gasteiger partial charge in [-0.25, -0.2) is 0 Å². The Morgan fingerprint density at radius 1 is 1.35 bits per heavy atom. The maximum atomic E-state index is 5.23. The Hall–Kier alpha value is -0.340. The van der Waals surface area contributed by atoms with Gasteiger partial charge in [-0.2, -0.15) is 0 Å². The highest BCUT2D eigenvalue weighted by atomic mass is 16.5. The van der Waals surface area contributed by atoms with Crippen LogP contribution in [0.3, 0.4) is 0 Å². The van der Waals surface area contributed by atoms with Crippen molar-refractivity contribution in [1.29, 1.82) is 0 Å². The van der Waals surface area contributed by atoms with Gasteiger partial charge in [0.2, 0.25) is 0 Å². The summed E-state index contributed by atoms with van der Waals surface area (Å²) in [4.78, 5) is 2.51. The minimum atomic E-state index is 0.272. The van der Waals surface area contributed by atoms with Crippen LogP contribution in [0.15, 0.2) is 11.6 Å². The summed E-state index contributed by atoms with van der Waals surface area (Å²) in [6, 6.07) is 0. The zero-order valence-electron chi connectivity index (χ0n) is 12.7. The molecule has 17 heavy (non-hydrogen) atoms. The molecule has 1 rings (SSSR count). The van der Waals surface area contributed by atoms with E-state index in [1.54, 1.807) is 7.11 Å². The van der Waals surface area contributed by atoms with Crippen molar-refractivity contribution in [1.82, 2.24) is 4.90 Å². The quantitative estimate of drug-likeness (QED) is 0.695. The predicted octanol–water partition coefficient (Wildman–Crippen LogP) is 3.73. The molecule has 2 heteroatoms. The minimum Gasteiger partial charge on any atom is -0.384 e. The molecule has 0 spiro atoms. The summed E-state index contributed by atoms with van der Waals surface area (Å²) >= 11 is 0. The van der Waals surface area contributed by atoms with Gasteiger partial charge in [0.05, 0.1) is 6.61 Å². The van der Waals surface area contributed by atoms with Gasteiger partial charge in [-0.05, 0) is 13.3 Å². The fourth-order valence-electron chi connectivity index (χ4n) is 2.00. The molecule has 1 heterocycles. The van der Waals surface area contributed by atoms with E-state index in [9.17, 15) is 0 Å². The molecule has 0 N–H and O–H groups in total. The smallest absolute Gasteiger partial charge is 0.0525 e. The minimum absolute atomic E-state index is 0.272. The molecule has 0 aliphatic carbocycles. The largest absolute Gasteiger partial charge is 0.384 e. The van der Waals surface area contributed by atoms with E-state index in [1.165, 1.54) is 25.0 Å². The van der Waals surface area contributed by atoms with Crippen molar-refractivity contribution >= 4 is 0 Å². The Balaban J connectivity index is 0.000000770. The van der Waals surface area contributed by atoms with Crippen LogP contribution in [0.5, 0.6) is 0 Å². The number of ether oxygens (including phenoxy) is 1. The molecular weight excluding hydrogens is 210 g/mol. The lowest BCUT2D eigenvalue weighted by Crippen LogP contribution is -2.39. The normalized spacial score (nSPS) is 17.2. The lowest BCUT2D eigenvalue weighted by molar-refractivity contribution is 0.0722. The van der Waals surface area contributed by atoms with Crippen LogP contribution in [-0.4, -0.2) is 38.3 Å². The van der Waals surface area contributed by atoms with Crippen molar-refractivity contribution in [3.8, 4) is 0 Å².